The van der Waals surface area contributed by atoms with Gasteiger partial charge in [-0.25, -0.2) is 0 Å². The molecule has 0 spiro atoms. The minimum atomic E-state index is -0.381. The van der Waals surface area contributed by atoms with E-state index >= 15 is 0 Å². The van der Waals surface area contributed by atoms with Crippen molar-refractivity contribution in [3.8, 4) is 6.07 Å². The number of esters is 1. The lowest BCUT2D eigenvalue weighted by atomic mass is 10.2. The summed E-state index contributed by atoms with van der Waals surface area (Å²) in [5.74, 6) is -0.381. The number of carbonyl (C=O) groups excluding carboxylic acids is 1. The van der Waals surface area contributed by atoms with Crippen LogP contribution in [0.25, 0.3) is 0 Å². The fourth-order valence-electron chi connectivity index (χ4n) is 0.933. The van der Waals surface area contributed by atoms with Crippen molar-refractivity contribution in [3.05, 3.63) is 34.3 Å². The Kier molecular flexibility index (Phi) is 4.14. The predicted octanol–water partition coefficient (Wildman–Crippen LogP) is 2.06. The monoisotopic (exact) mass is 253 g/mol. The van der Waals surface area contributed by atoms with E-state index in [-0.39, 0.29) is 19.0 Å². The quantitative estimate of drug-likeness (QED) is 0.775. The molecule has 1 aromatic rings. The lowest BCUT2D eigenvalue weighted by Gasteiger charge is -2.00. The van der Waals surface area contributed by atoms with E-state index in [4.69, 9.17) is 5.26 Å². The average Bonchev–Trinajstić information content (AvgIpc) is 2.18. The largest absolute Gasteiger partial charge is 0.450 e. The van der Waals surface area contributed by atoms with Crippen LogP contribution < -0.4 is 0 Å². The zero-order valence-electron chi connectivity index (χ0n) is 7.37. The number of benzene rings is 1. The second-order valence-corrected chi connectivity index (χ2v) is 3.54. The summed E-state index contributed by atoms with van der Waals surface area (Å²) in [6, 6.07) is 9.11. The summed E-state index contributed by atoms with van der Waals surface area (Å²) >= 11 is 3.29. The second-order valence-electron chi connectivity index (χ2n) is 2.62. The van der Waals surface area contributed by atoms with Gasteiger partial charge in [0.15, 0.2) is 6.61 Å². The summed E-state index contributed by atoms with van der Waals surface area (Å²) in [6.07, 6.45) is 0.203. The first kappa shape index (κ1) is 10.7. The van der Waals surface area contributed by atoms with Gasteiger partial charge in [-0.3, -0.25) is 4.79 Å². The van der Waals surface area contributed by atoms with Gasteiger partial charge in [0.1, 0.15) is 6.07 Å². The normalized spacial score (nSPS) is 9.14. The Balaban J connectivity index is 2.49. The first-order valence-corrected chi connectivity index (χ1v) is 4.78. The van der Waals surface area contributed by atoms with Crippen LogP contribution in [0.2, 0.25) is 0 Å². The van der Waals surface area contributed by atoms with E-state index in [0.717, 1.165) is 10.0 Å². The van der Waals surface area contributed by atoms with Crippen LogP contribution in [0.1, 0.15) is 5.56 Å². The van der Waals surface area contributed by atoms with Crippen LogP contribution in [-0.2, 0) is 16.0 Å². The molecule has 0 unspecified atom stereocenters. The van der Waals surface area contributed by atoms with Crippen molar-refractivity contribution >= 4 is 21.9 Å². The van der Waals surface area contributed by atoms with E-state index in [1.807, 2.05) is 24.3 Å². The summed E-state index contributed by atoms with van der Waals surface area (Å²) in [6.45, 7) is -0.185. The highest BCUT2D eigenvalue weighted by atomic mass is 79.9. The van der Waals surface area contributed by atoms with Gasteiger partial charge in [-0.15, -0.1) is 0 Å². The zero-order chi connectivity index (χ0) is 10.4. The Hall–Kier alpha value is -1.34. The SMILES string of the molecule is N#CCOC(=O)Cc1ccc(Br)cc1. The van der Waals surface area contributed by atoms with Gasteiger partial charge in [-0.2, -0.15) is 5.26 Å². The molecule has 0 heterocycles. The number of nitriles is 1. The Labute approximate surface area is 90.4 Å². The minimum Gasteiger partial charge on any atom is -0.450 e. The summed E-state index contributed by atoms with van der Waals surface area (Å²) in [5, 5.41) is 8.18. The molecular weight excluding hydrogens is 246 g/mol. The van der Waals surface area contributed by atoms with Gasteiger partial charge < -0.3 is 4.74 Å². The van der Waals surface area contributed by atoms with Crippen LogP contribution in [-0.4, -0.2) is 12.6 Å². The molecule has 4 heteroatoms. The van der Waals surface area contributed by atoms with Gasteiger partial charge in [0.2, 0.25) is 0 Å². The van der Waals surface area contributed by atoms with E-state index in [9.17, 15) is 4.79 Å². The van der Waals surface area contributed by atoms with Crippen molar-refractivity contribution in [3.63, 3.8) is 0 Å². The molecule has 0 bridgehead atoms. The molecule has 0 aliphatic carbocycles. The van der Waals surface area contributed by atoms with Crippen LogP contribution in [0.3, 0.4) is 0 Å². The number of halogens is 1. The number of hydrogen-bond acceptors (Lipinski definition) is 3. The van der Waals surface area contributed by atoms with Crippen LogP contribution in [0.5, 0.6) is 0 Å². The maximum Gasteiger partial charge on any atom is 0.311 e. The van der Waals surface area contributed by atoms with E-state index in [2.05, 4.69) is 20.7 Å². The Bertz CT molecular complexity index is 353. The van der Waals surface area contributed by atoms with Crippen LogP contribution in [0.4, 0.5) is 0 Å². The molecule has 14 heavy (non-hydrogen) atoms. The zero-order valence-corrected chi connectivity index (χ0v) is 8.95. The molecule has 0 aliphatic heterocycles. The third kappa shape index (κ3) is 3.58. The van der Waals surface area contributed by atoms with Gasteiger partial charge >= 0.3 is 5.97 Å². The molecule has 0 saturated carbocycles. The molecule has 0 radical (unpaired) electrons. The fourth-order valence-corrected chi connectivity index (χ4v) is 1.20. The van der Waals surface area contributed by atoms with E-state index in [1.165, 1.54) is 0 Å². The number of nitrogens with zero attached hydrogens (tertiary/aromatic N) is 1. The molecule has 1 rings (SSSR count). The minimum absolute atomic E-state index is 0.185. The molecule has 0 aromatic heterocycles. The molecule has 0 atom stereocenters. The Morgan fingerprint density at radius 2 is 2.07 bits per heavy atom. The van der Waals surface area contributed by atoms with Gasteiger partial charge in [0.05, 0.1) is 6.42 Å². The number of ether oxygens (including phenoxy) is 1. The number of carbonyl (C=O) groups is 1. The topological polar surface area (TPSA) is 50.1 Å². The lowest BCUT2D eigenvalue weighted by Crippen LogP contribution is -2.07. The average molecular weight is 254 g/mol. The third-order valence-corrected chi connectivity index (χ3v) is 2.09. The predicted molar refractivity (Wildman–Crippen MR) is 54.4 cm³/mol. The Morgan fingerprint density at radius 3 is 2.64 bits per heavy atom. The molecule has 72 valence electrons. The third-order valence-electron chi connectivity index (χ3n) is 1.56. The standard InChI is InChI=1S/C10H8BrNO2/c11-9-3-1-8(2-4-9)7-10(13)14-6-5-12/h1-4H,6-7H2. The van der Waals surface area contributed by atoms with Crippen molar-refractivity contribution < 1.29 is 9.53 Å². The van der Waals surface area contributed by atoms with E-state index < -0.39 is 0 Å². The molecule has 0 fully saturated rings. The van der Waals surface area contributed by atoms with Crippen molar-refractivity contribution in [1.29, 1.82) is 5.26 Å². The summed E-state index contributed by atoms with van der Waals surface area (Å²) in [4.78, 5) is 11.1. The van der Waals surface area contributed by atoms with Crippen molar-refractivity contribution in [2.24, 2.45) is 0 Å². The highest BCUT2D eigenvalue weighted by Gasteiger charge is 2.03. The van der Waals surface area contributed by atoms with Crippen LogP contribution in [0.15, 0.2) is 28.7 Å². The molecule has 0 aliphatic rings. The summed E-state index contributed by atoms with van der Waals surface area (Å²) in [7, 11) is 0. The van der Waals surface area contributed by atoms with Gasteiger partial charge in [-0.1, -0.05) is 28.1 Å². The highest BCUT2D eigenvalue weighted by molar-refractivity contribution is 9.10. The number of rotatable bonds is 3. The van der Waals surface area contributed by atoms with Crippen LogP contribution in [0, 0.1) is 11.3 Å². The van der Waals surface area contributed by atoms with Crippen molar-refractivity contribution in [2.75, 3.05) is 6.61 Å². The van der Waals surface area contributed by atoms with Crippen molar-refractivity contribution in [2.45, 2.75) is 6.42 Å². The fraction of sp³-hybridized carbons (Fsp3) is 0.200. The lowest BCUT2D eigenvalue weighted by molar-refractivity contribution is -0.141. The van der Waals surface area contributed by atoms with Gasteiger partial charge in [-0.05, 0) is 17.7 Å². The molecule has 0 amide bonds. The molecule has 1 aromatic carbocycles. The van der Waals surface area contributed by atoms with Crippen LogP contribution >= 0.6 is 15.9 Å². The van der Waals surface area contributed by atoms with E-state index in [1.54, 1.807) is 6.07 Å². The second kappa shape index (κ2) is 5.40. The first-order valence-electron chi connectivity index (χ1n) is 3.99. The maximum absolute atomic E-state index is 11.1. The van der Waals surface area contributed by atoms with Crippen molar-refractivity contribution in [1.82, 2.24) is 0 Å². The van der Waals surface area contributed by atoms with Gasteiger partial charge in [0.25, 0.3) is 0 Å². The molecule has 0 saturated heterocycles. The smallest absolute Gasteiger partial charge is 0.311 e. The maximum atomic E-state index is 11.1. The first-order chi connectivity index (χ1) is 6.72. The highest BCUT2D eigenvalue weighted by Crippen LogP contribution is 2.11. The Morgan fingerprint density at radius 1 is 1.43 bits per heavy atom. The number of hydrogen-bond donors (Lipinski definition) is 0. The molecular formula is C10H8BrNO2. The molecule has 3 nitrogen and oxygen atoms in total. The van der Waals surface area contributed by atoms with Gasteiger partial charge in [0, 0.05) is 4.47 Å². The molecule has 0 N–H and O–H groups in total. The summed E-state index contributed by atoms with van der Waals surface area (Å²) in [5.41, 5.74) is 0.871. The van der Waals surface area contributed by atoms with E-state index in [0.29, 0.717) is 0 Å². The summed E-state index contributed by atoms with van der Waals surface area (Å²) < 4.78 is 5.58.